The number of unbranched alkanes of at least 4 members (excludes halogenated alkanes) is 3. The van der Waals surface area contributed by atoms with Crippen molar-refractivity contribution >= 4 is 28.9 Å². The molecule has 0 aliphatic rings. The highest BCUT2D eigenvalue weighted by Crippen LogP contribution is 2.28. The molecule has 0 spiro atoms. The van der Waals surface area contributed by atoms with Crippen molar-refractivity contribution in [3.8, 4) is 0 Å². The van der Waals surface area contributed by atoms with Crippen molar-refractivity contribution < 1.29 is 4.79 Å². The van der Waals surface area contributed by atoms with Crippen LogP contribution < -0.4 is 20.4 Å². The third-order valence-electron chi connectivity index (χ3n) is 5.28. The Morgan fingerprint density at radius 1 is 0.938 bits per heavy atom. The number of anilines is 4. The molecule has 1 aromatic heterocycles. The second kappa shape index (κ2) is 14.3. The third kappa shape index (κ3) is 8.36. The number of nitrogens with one attached hydrogen (secondary N) is 2. The molecule has 7 heteroatoms. The van der Waals surface area contributed by atoms with Gasteiger partial charge in [0.05, 0.1) is 0 Å². The van der Waals surface area contributed by atoms with Gasteiger partial charge in [0, 0.05) is 45.8 Å². The van der Waals surface area contributed by atoms with E-state index < -0.39 is 0 Å². The number of carbonyl (C=O) groups excluding carboxylic acids is 1. The molecule has 2 N–H and O–H groups in total. The van der Waals surface area contributed by atoms with Crippen molar-refractivity contribution in [1.29, 1.82) is 0 Å². The number of rotatable bonds is 15. The Hall–Kier alpha value is -2.83. The molecule has 2 aromatic rings. The molecule has 0 unspecified atom stereocenters. The number of nitrogens with zero attached hydrogens (tertiary/aromatic N) is 4. The Labute approximate surface area is 193 Å². The van der Waals surface area contributed by atoms with Gasteiger partial charge < -0.3 is 20.4 Å². The standard InChI is InChI=1S/C25H40N6O/c1-5-7-8-12-17-26-24-23(25(30(3)4)28-20-27-24)29-22(32)16-13-19-31(18-6-2)21-14-10-9-11-15-21/h9-11,14-15,20H,5-8,12-13,16-19H2,1-4H3,(H,29,32)(H,26,27,28). The summed E-state index contributed by atoms with van der Waals surface area (Å²) in [4.78, 5) is 25.8. The average molecular weight is 441 g/mol. The van der Waals surface area contributed by atoms with Crippen molar-refractivity contribution in [3.63, 3.8) is 0 Å². The van der Waals surface area contributed by atoms with Gasteiger partial charge in [0.25, 0.3) is 0 Å². The first-order valence-electron chi connectivity index (χ1n) is 11.9. The SMILES string of the molecule is CCCCCCNc1ncnc(N(C)C)c1NC(=O)CCCN(CCC)c1ccccc1. The molecule has 1 amide bonds. The second-order valence-corrected chi connectivity index (χ2v) is 8.28. The van der Waals surface area contributed by atoms with Gasteiger partial charge in [-0.1, -0.05) is 51.3 Å². The quantitative estimate of drug-likeness (QED) is 0.372. The van der Waals surface area contributed by atoms with Crippen LogP contribution in [-0.4, -0.2) is 49.6 Å². The van der Waals surface area contributed by atoms with Crippen LogP contribution in [0.2, 0.25) is 0 Å². The van der Waals surface area contributed by atoms with Crippen molar-refractivity contribution in [2.24, 2.45) is 0 Å². The van der Waals surface area contributed by atoms with Gasteiger partial charge in [0.1, 0.15) is 12.0 Å². The fraction of sp³-hybridized carbons (Fsp3) is 0.560. The number of aromatic nitrogens is 2. The maximum atomic E-state index is 12.8. The van der Waals surface area contributed by atoms with E-state index in [-0.39, 0.29) is 5.91 Å². The van der Waals surface area contributed by atoms with Gasteiger partial charge >= 0.3 is 0 Å². The van der Waals surface area contributed by atoms with Gasteiger partial charge in [-0.3, -0.25) is 4.79 Å². The molecule has 0 atom stereocenters. The van der Waals surface area contributed by atoms with Crippen molar-refractivity contribution in [2.45, 2.75) is 58.8 Å². The molecular weight excluding hydrogens is 400 g/mol. The highest BCUT2D eigenvalue weighted by molar-refractivity contribution is 5.97. The second-order valence-electron chi connectivity index (χ2n) is 8.28. The lowest BCUT2D eigenvalue weighted by Gasteiger charge is -2.24. The van der Waals surface area contributed by atoms with E-state index in [4.69, 9.17) is 0 Å². The van der Waals surface area contributed by atoms with Crippen LogP contribution in [0.25, 0.3) is 0 Å². The molecule has 0 radical (unpaired) electrons. The molecule has 0 saturated heterocycles. The molecule has 0 bridgehead atoms. The molecule has 176 valence electrons. The van der Waals surface area contributed by atoms with E-state index in [9.17, 15) is 4.79 Å². The third-order valence-corrected chi connectivity index (χ3v) is 5.28. The number of para-hydroxylation sites is 1. The number of amides is 1. The fourth-order valence-corrected chi connectivity index (χ4v) is 3.63. The van der Waals surface area contributed by atoms with Crippen molar-refractivity contribution in [2.75, 3.05) is 54.2 Å². The zero-order valence-corrected chi connectivity index (χ0v) is 20.2. The monoisotopic (exact) mass is 440 g/mol. The number of hydrogen-bond acceptors (Lipinski definition) is 6. The molecule has 0 fully saturated rings. The van der Waals surface area contributed by atoms with Crippen LogP contribution in [0.15, 0.2) is 36.7 Å². The lowest BCUT2D eigenvalue weighted by molar-refractivity contribution is -0.116. The number of hydrogen-bond donors (Lipinski definition) is 2. The van der Waals surface area contributed by atoms with E-state index >= 15 is 0 Å². The Morgan fingerprint density at radius 3 is 2.41 bits per heavy atom. The van der Waals surface area contributed by atoms with E-state index in [1.807, 2.05) is 25.1 Å². The lowest BCUT2D eigenvalue weighted by atomic mass is 10.2. The Bertz CT molecular complexity index is 796. The molecular formula is C25H40N6O. The van der Waals surface area contributed by atoms with Gasteiger partial charge in [-0.25, -0.2) is 9.97 Å². The van der Waals surface area contributed by atoms with Gasteiger partial charge in [-0.05, 0) is 31.4 Å². The molecule has 0 aliphatic heterocycles. The lowest BCUT2D eigenvalue weighted by Crippen LogP contribution is -2.26. The number of carbonyl (C=O) groups is 1. The maximum Gasteiger partial charge on any atom is 0.224 e. The summed E-state index contributed by atoms with van der Waals surface area (Å²) in [6.45, 7) is 7.04. The first-order chi connectivity index (χ1) is 15.6. The first kappa shape index (κ1) is 25.4. The van der Waals surface area contributed by atoms with Crippen LogP contribution >= 0.6 is 0 Å². The first-order valence-corrected chi connectivity index (χ1v) is 11.9. The van der Waals surface area contributed by atoms with Crippen LogP contribution in [0.5, 0.6) is 0 Å². The molecule has 2 rings (SSSR count). The van der Waals surface area contributed by atoms with Gasteiger partial charge in [-0.2, -0.15) is 0 Å². The molecule has 0 saturated carbocycles. The minimum atomic E-state index is -0.0126. The normalized spacial score (nSPS) is 10.6. The van der Waals surface area contributed by atoms with E-state index in [0.717, 1.165) is 38.9 Å². The summed E-state index contributed by atoms with van der Waals surface area (Å²) in [7, 11) is 3.84. The molecule has 1 heterocycles. The largest absolute Gasteiger partial charge is 0.372 e. The van der Waals surface area contributed by atoms with Crippen LogP contribution in [0, 0.1) is 0 Å². The zero-order chi connectivity index (χ0) is 23.2. The zero-order valence-electron chi connectivity index (χ0n) is 20.2. The predicted molar refractivity (Wildman–Crippen MR) is 136 cm³/mol. The van der Waals surface area contributed by atoms with E-state index in [1.165, 1.54) is 24.9 Å². The predicted octanol–water partition coefficient (Wildman–Crippen LogP) is 5.17. The summed E-state index contributed by atoms with van der Waals surface area (Å²) in [6.07, 6.45) is 8.55. The highest BCUT2D eigenvalue weighted by Gasteiger charge is 2.16. The van der Waals surface area contributed by atoms with Crippen LogP contribution in [0.1, 0.15) is 58.8 Å². The Balaban J connectivity index is 1.96. The highest BCUT2D eigenvalue weighted by atomic mass is 16.1. The van der Waals surface area contributed by atoms with Gasteiger partial charge in [-0.15, -0.1) is 0 Å². The smallest absolute Gasteiger partial charge is 0.224 e. The van der Waals surface area contributed by atoms with Crippen LogP contribution in [0.4, 0.5) is 23.0 Å². The minimum Gasteiger partial charge on any atom is -0.372 e. The van der Waals surface area contributed by atoms with Crippen molar-refractivity contribution in [3.05, 3.63) is 36.7 Å². The summed E-state index contributed by atoms with van der Waals surface area (Å²) in [5, 5.41) is 6.46. The van der Waals surface area contributed by atoms with E-state index in [2.05, 4.69) is 63.6 Å². The van der Waals surface area contributed by atoms with E-state index in [1.54, 1.807) is 6.33 Å². The summed E-state index contributed by atoms with van der Waals surface area (Å²) >= 11 is 0. The van der Waals surface area contributed by atoms with E-state index in [0.29, 0.717) is 23.7 Å². The Morgan fingerprint density at radius 2 is 1.72 bits per heavy atom. The molecule has 32 heavy (non-hydrogen) atoms. The van der Waals surface area contributed by atoms with Crippen LogP contribution in [-0.2, 0) is 4.79 Å². The molecule has 1 aromatic carbocycles. The number of benzene rings is 1. The maximum absolute atomic E-state index is 12.8. The molecule has 7 nitrogen and oxygen atoms in total. The minimum absolute atomic E-state index is 0.0126. The summed E-state index contributed by atoms with van der Waals surface area (Å²) in [5.74, 6) is 1.38. The topological polar surface area (TPSA) is 73.4 Å². The Kier molecular flexibility index (Phi) is 11.3. The summed E-state index contributed by atoms with van der Waals surface area (Å²) in [5.41, 5.74) is 1.86. The summed E-state index contributed by atoms with van der Waals surface area (Å²) < 4.78 is 0. The van der Waals surface area contributed by atoms with Crippen molar-refractivity contribution in [1.82, 2.24) is 9.97 Å². The fourth-order valence-electron chi connectivity index (χ4n) is 3.63. The summed E-state index contributed by atoms with van der Waals surface area (Å²) in [6, 6.07) is 10.4. The van der Waals surface area contributed by atoms with Crippen LogP contribution in [0.3, 0.4) is 0 Å². The molecule has 0 aliphatic carbocycles. The average Bonchev–Trinajstić information content (AvgIpc) is 2.79. The van der Waals surface area contributed by atoms with Gasteiger partial charge in [0.2, 0.25) is 5.91 Å². The van der Waals surface area contributed by atoms with Gasteiger partial charge in [0.15, 0.2) is 11.6 Å².